The zero-order chi connectivity index (χ0) is 17.0. The maximum absolute atomic E-state index is 13.8. The molecule has 8 nitrogen and oxygen atoms in total. The minimum absolute atomic E-state index is 0.0461. The van der Waals surface area contributed by atoms with Crippen molar-refractivity contribution in [3.05, 3.63) is 34.1 Å². The van der Waals surface area contributed by atoms with Crippen molar-refractivity contribution in [3.8, 4) is 0 Å². The summed E-state index contributed by atoms with van der Waals surface area (Å²) in [5.41, 5.74) is -1.63. The van der Waals surface area contributed by atoms with Gasteiger partial charge in [-0.1, -0.05) is 0 Å². The monoisotopic (exact) mass is 355 g/mol. The number of hydrogen-bond acceptors (Lipinski definition) is 7. The molecule has 0 unspecified atom stereocenters. The average Bonchev–Trinajstić information content (AvgIpc) is 2.37. The van der Waals surface area contributed by atoms with Gasteiger partial charge in [-0.3, -0.25) is 14.7 Å². The average molecular weight is 355 g/mol. The highest BCUT2D eigenvalue weighted by molar-refractivity contribution is 7.97. The van der Waals surface area contributed by atoms with E-state index in [1.807, 2.05) is 0 Å². The summed E-state index contributed by atoms with van der Waals surface area (Å²) in [6.45, 7) is 2.92. The van der Waals surface area contributed by atoms with Gasteiger partial charge in [0.1, 0.15) is 10.7 Å². The normalized spacial score (nSPS) is 12.3. The van der Waals surface area contributed by atoms with E-state index in [2.05, 4.69) is 0 Å². The standard InChI is InChI=1S/C11H15FNO7PS/c1-3-19-21(16,20-4-2)8-22(17,18)11-6-5-9(13(14)15)7-10(11)12/h5-7H,3-4,8H2,1-2H3. The molecular weight excluding hydrogens is 340 g/mol. The molecule has 0 aromatic heterocycles. The molecule has 1 aromatic carbocycles. The Morgan fingerprint density at radius 3 is 2.23 bits per heavy atom. The van der Waals surface area contributed by atoms with E-state index in [1.165, 1.54) is 13.8 Å². The van der Waals surface area contributed by atoms with Crippen LogP contribution in [0.25, 0.3) is 0 Å². The smallest absolute Gasteiger partial charge is 0.308 e. The first-order valence-electron chi connectivity index (χ1n) is 6.20. The van der Waals surface area contributed by atoms with Crippen molar-refractivity contribution in [1.82, 2.24) is 0 Å². The molecule has 22 heavy (non-hydrogen) atoms. The lowest BCUT2D eigenvalue weighted by molar-refractivity contribution is -0.385. The van der Waals surface area contributed by atoms with Crippen LogP contribution in [-0.4, -0.2) is 32.0 Å². The van der Waals surface area contributed by atoms with Gasteiger partial charge in [0, 0.05) is 6.07 Å². The second kappa shape index (κ2) is 7.28. The van der Waals surface area contributed by atoms with Gasteiger partial charge in [-0.25, -0.2) is 12.8 Å². The van der Waals surface area contributed by atoms with E-state index in [-0.39, 0.29) is 13.2 Å². The zero-order valence-electron chi connectivity index (χ0n) is 11.9. The fourth-order valence-corrected chi connectivity index (χ4v) is 5.95. The van der Waals surface area contributed by atoms with Crippen LogP contribution in [-0.2, 0) is 23.4 Å². The van der Waals surface area contributed by atoms with E-state index in [9.17, 15) is 27.5 Å². The van der Waals surface area contributed by atoms with Crippen molar-refractivity contribution in [2.24, 2.45) is 0 Å². The Bertz CT molecular complexity index is 696. The Morgan fingerprint density at radius 1 is 1.27 bits per heavy atom. The van der Waals surface area contributed by atoms with Gasteiger partial charge < -0.3 is 9.05 Å². The number of hydrogen-bond donors (Lipinski definition) is 0. The molecule has 1 aromatic rings. The van der Waals surface area contributed by atoms with Crippen molar-refractivity contribution in [3.63, 3.8) is 0 Å². The van der Waals surface area contributed by atoms with Crippen LogP contribution in [0, 0.1) is 15.9 Å². The minimum Gasteiger partial charge on any atom is -0.308 e. The fraction of sp³-hybridized carbons (Fsp3) is 0.455. The lowest BCUT2D eigenvalue weighted by atomic mass is 10.3. The van der Waals surface area contributed by atoms with Crippen molar-refractivity contribution in [2.45, 2.75) is 18.7 Å². The number of nitro benzene ring substituents is 1. The molecule has 0 saturated carbocycles. The van der Waals surface area contributed by atoms with E-state index in [4.69, 9.17) is 9.05 Å². The molecule has 0 aliphatic rings. The molecule has 0 fully saturated rings. The Balaban J connectivity index is 3.19. The van der Waals surface area contributed by atoms with Crippen LogP contribution in [0.5, 0.6) is 0 Å². The number of nitro groups is 1. The van der Waals surface area contributed by atoms with Gasteiger partial charge in [0.25, 0.3) is 5.69 Å². The second-order valence-corrected chi connectivity index (χ2v) is 8.50. The summed E-state index contributed by atoms with van der Waals surface area (Å²) < 4.78 is 60.1. The van der Waals surface area contributed by atoms with Crippen molar-refractivity contribution in [2.75, 3.05) is 18.7 Å². The lowest BCUT2D eigenvalue weighted by Crippen LogP contribution is -2.12. The van der Waals surface area contributed by atoms with Crippen LogP contribution in [0.2, 0.25) is 0 Å². The summed E-state index contributed by atoms with van der Waals surface area (Å²) in [4.78, 5) is 8.87. The zero-order valence-corrected chi connectivity index (χ0v) is 13.6. The predicted octanol–water partition coefficient (Wildman–Crippen LogP) is 2.73. The second-order valence-electron chi connectivity index (χ2n) is 4.06. The SMILES string of the molecule is CCOP(=O)(CS(=O)(=O)c1ccc([N+](=O)[O-])cc1F)OCC. The van der Waals surface area contributed by atoms with Gasteiger partial charge in [0.15, 0.2) is 15.3 Å². The first kappa shape index (κ1) is 18.7. The third kappa shape index (κ3) is 4.57. The lowest BCUT2D eigenvalue weighted by Gasteiger charge is -2.17. The van der Waals surface area contributed by atoms with Gasteiger partial charge in [-0.2, -0.15) is 0 Å². The van der Waals surface area contributed by atoms with Crippen LogP contribution in [0.15, 0.2) is 23.1 Å². The summed E-state index contributed by atoms with van der Waals surface area (Å²) in [6, 6.07) is 2.09. The van der Waals surface area contributed by atoms with Crippen molar-refractivity contribution in [1.29, 1.82) is 0 Å². The van der Waals surface area contributed by atoms with Gasteiger partial charge in [0.05, 0.1) is 24.2 Å². The van der Waals surface area contributed by atoms with Gasteiger partial charge in [-0.05, 0) is 19.9 Å². The predicted molar refractivity (Wildman–Crippen MR) is 76.0 cm³/mol. The van der Waals surface area contributed by atoms with Gasteiger partial charge >= 0.3 is 7.60 Å². The van der Waals surface area contributed by atoms with Crippen LogP contribution in [0.1, 0.15) is 13.8 Å². The number of rotatable bonds is 8. The van der Waals surface area contributed by atoms with Gasteiger partial charge in [-0.15, -0.1) is 0 Å². The van der Waals surface area contributed by atoms with E-state index < -0.39 is 44.3 Å². The molecule has 0 bridgehead atoms. The van der Waals surface area contributed by atoms with Crippen LogP contribution in [0.4, 0.5) is 10.1 Å². The summed E-state index contributed by atoms with van der Waals surface area (Å²) in [5, 5.41) is 10.5. The molecule has 11 heteroatoms. The number of benzene rings is 1. The number of non-ortho nitro benzene ring substituents is 1. The van der Waals surface area contributed by atoms with Crippen LogP contribution < -0.4 is 0 Å². The number of halogens is 1. The topological polar surface area (TPSA) is 113 Å². The summed E-state index contributed by atoms with van der Waals surface area (Å²) in [6.07, 6.45) is 0. The Hall–Kier alpha value is -1.35. The highest BCUT2D eigenvalue weighted by Gasteiger charge is 2.34. The van der Waals surface area contributed by atoms with Crippen LogP contribution in [0.3, 0.4) is 0 Å². The quantitative estimate of drug-likeness (QED) is 0.400. The first-order valence-corrected chi connectivity index (χ1v) is 9.58. The highest BCUT2D eigenvalue weighted by atomic mass is 32.2. The highest BCUT2D eigenvalue weighted by Crippen LogP contribution is 2.50. The third-order valence-electron chi connectivity index (χ3n) is 2.44. The molecular formula is C11H15FNO7PS. The Labute approximate surface area is 126 Å². The van der Waals surface area contributed by atoms with Crippen LogP contribution >= 0.6 is 7.60 Å². The molecule has 1 rings (SSSR count). The molecule has 0 atom stereocenters. The van der Waals surface area contributed by atoms with Crippen molar-refractivity contribution < 1.29 is 31.3 Å². The molecule has 0 aliphatic carbocycles. The number of nitrogens with zero attached hydrogens (tertiary/aromatic N) is 1. The molecule has 0 N–H and O–H groups in total. The Kier molecular flexibility index (Phi) is 6.18. The molecule has 124 valence electrons. The minimum atomic E-state index is -4.35. The maximum Gasteiger partial charge on any atom is 0.346 e. The number of sulfone groups is 1. The first-order chi connectivity index (χ1) is 10.1. The molecule has 0 radical (unpaired) electrons. The van der Waals surface area contributed by atoms with Gasteiger partial charge in [0.2, 0.25) is 0 Å². The molecule has 0 amide bonds. The van der Waals surface area contributed by atoms with E-state index in [0.29, 0.717) is 6.07 Å². The third-order valence-corrected chi connectivity index (χ3v) is 7.37. The Morgan fingerprint density at radius 2 is 1.82 bits per heavy atom. The molecule has 0 aliphatic heterocycles. The fourth-order valence-electron chi connectivity index (χ4n) is 1.64. The molecule has 0 heterocycles. The summed E-state index contributed by atoms with van der Waals surface area (Å²) >= 11 is 0. The van der Waals surface area contributed by atoms with E-state index in [1.54, 1.807) is 0 Å². The molecule has 0 saturated heterocycles. The molecule has 0 spiro atoms. The van der Waals surface area contributed by atoms with Crippen molar-refractivity contribution >= 4 is 23.1 Å². The largest absolute Gasteiger partial charge is 0.346 e. The maximum atomic E-state index is 13.8. The van der Waals surface area contributed by atoms with E-state index in [0.717, 1.165) is 12.1 Å². The summed E-state index contributed by atoms with van der Waals surface area (Å²) in [7, 11) is -8.29. The van der Waals surface area contributed by atoms with E-state index >= 15 is 0 Å². The summed E-state index contributed by atoms with van der Waals surface area (Å²) in [5.74, 6) is -1.30.